The number of hydrogen-bond acceptors (Lipinski definition) is 5. The normalized spacial score (nSPS) is 14.6. The number of nitrogens with one attached hydrogen (secondary N) is 1. The topological polar surface area (TPSA) is 67.1 Å². The molecule has 1 aliphatic rings. The van der Waals surface area contributed by atoms with E-state index in [1.807, 2.05) is 30.3 Å². The number of anilines is 4. The zero-order valence-corrected chi connectivity index (χ0v) is 10.7. The average molecular weight is 255 g/mol. The van der Waals surface area contributed by atoms with Gasteiger partial charge in [-0.2, -0.15) is 4.98 Å². The van der Waals surface area contributed by atoms with Gasteiger partial charge in [-0.3, -0.25) is 0 Å². The van der Waals surface area contributed by atoms with Crippen molar-refractivity contribution in [1.82, 2.24) is 9.97 Å². The van der Waals surface area contributed by atoms with Gasteiger partial charge < -0.3 is 16.0 Å². The number of rotatable bonds is 3. The molecule has 2 aromatic rings. The predicted molar refractivity (Wildman–Crippen MR) is 77.6 cm³/mol. The van der Waals surface area contributed by atoms with E-state index in [-0.39, 0.29) is 0 Å². The maximum absolute atomic E-state index is 5.67. The first kappa shape index (κ1) is 11.8. The highest BCUT2D eigenvalue weighted by molar-refractivity contribution is 5.59. The van der Waals surface area contributed by atoms with Gasteiger partial charge in [-0.25, -0.2) is 4.98 Å². The SMILES string of the molecule is Nc1ccc(Nc2ccnc(N3CCCC3)n2)cc1. The van der Waals surface area contributed by atoms with Crippen molar-refractivity contribution in [2.75, 3.05) is 29.0 Å². The number of hydrogen-bond donors (Lipinski definition) is 2. The minimum Gasteiger partial charge on any atom is -0.399 e. The van der Waals surface area contributed by atoms with Crippen molar-refractivity contribution in [2.45, 2.75) is 12.8 Å². The van der Waals surface area contributed by atoms with Gasteiger partial charge in [0, 0.05) is 30.7 Å². The quantitative estimate of drug-likeness (QED) is 0.824. The molecule has 5 heteroatoms. The van der Waals surface area contributed by atoms with Crippen LogP contribution in [0.15, 0.2) is 36.5 Å². The molecular weight excluding hydrogens is 238 g/mol. The first-order valence-electron chi connectivity index (χ1n) is 6.52. The second kappa shape index (κ2) is 5.14. The molecule has 1 fully saturated rings. The molecule has 0 atom stereocenters. The van der Waals surface area contributed by atoms with Gasteiger partial charge in [0.1, 0.15) is 5.82 Å². The summed E-state index contributed by atoms with van der Waals surface area (Å²) in [5.74, 6) is 1.61. The standard InChI is InChI=1S/C14H17N5/c15-11-3-5-12(6-4-11)17-13-7-8-16-14(18-13)19-9-1-2-10-19/h3-8H,1-2,9-10,15H2,(H,16,17,18). The van der Waals surface area contributed by atoms with Gasteiger partial charge in [-0.1, -0.05) is 0 Å². The van der Waals surface area contributed by atoms with E-state index in [4.69, 9.17) is 5.73 Å². The smallest absolute Gasteiger partial charge is 0.227 e. The predicted octanol–water partition coefficient (Wildman–Crippen LogP) is 2.40. The largest absolute Gasteiger partial charge is 0.399 e. The van der Waals surface area contributed by atoms with E-state index in [1.165, 1.54) is 12.8 Å². The first-order valence-corrected chi connectivity index (χ1v) is 6.52. The van der Waals surface area contributed by atoms with Gasteiger partial charge in [-0.05, 0) is 43.2 Å². The molecule has 1 saturated heterocycles. The van der Waals surface area contributed by atoms with Gasteiger partial charge in [0.15, 0.2) is 0 Å². The lowest BCUT2D eigenvalue weighted by Crippen LogP contribution is -2.20. The van der Waals surface area contributed by atoms with Gasteiger partial charge >= 0.3 is 0 Å². The molecule has 0 aliphatic carbocycles. The summed E-state index contributed by atoms with van der Waals surface area (Å²) in [5, 5.41) is 3.26. The lowest BCUT2D eigenvalue weighted by molar-refractivity contribution is 0.900. The third-order valence-electron chi connectivity index (χ3n) is 3.21. The summed E-state index contributed by atoms with van der Waals surface area (Å²) in [5.41, 5.74) is 7.39. The van der Waals surface area contributed by atoms with Crippen LogP contribution in [0.5, 0.6) is 0 Å². The molecule has 3 N–H and O–H groups in total. The summed E-state index contributed by atoms with van der Waals surface area (Å²) in [6, 6.07) is 9.48. The molecule has 2 heterocycles. The van der Waals surface area contributed by atoms with Crippen LogP contribution in [0.1, 0.15) is 12.8 Å². The van der Waals surface area contributed by atoms with E-state index in [9.17, 15) is 0 Å². The fourth-order valence-corrected chi connectivity index (χ4v) is 2.20. The zero-order chi connectivity index (χ0) is 13.1. The maximum Gasteiger partial charge on any atom is 0.227 e. The molecule has 0 saturated carbocycles. The van der Waals surface area contributed by atoms with Crippen molar-refractivity contribution in [3.05, 3.63) is 36.5 Å². The number of nitrogen functional groups attached to an aromatic ring is 1. The molecule has 98 valence electrons. The fraction of sp³-hybridized carbons (Fsp3) is 0.286. The highest BCUT2D eigenvalue weighted by Crippen LogP contribution is 2.20. The summed E-state index contributed by atoms with van der Waals surface area (Å²) < 4.78 is 0. The summed E-state index contributed by atoms with van der Waals surface area (Å²) in [4.78, 5) is 11.1. The third-order valence-corrected chi connectivity index (χ3v) is 3.21. The Morgan fingerprint density at radius 1 is 1.05 bits per heavy atom. The van der Waals surface area contributed by atoms with Crippen LogP contribution in [-0.4, -0.2) is 23.1 Å². The van der Waals surface area contributed by atoms with Gasteiger partial charge in [0.2, 0.25) is 5.95 Å². The molecule has 19 heavy (non-hydrogen) atoms. The van der Waals surface area contributed by atoms with E-state index in [0.717, 1.165) is 36.2 Å². The van der Waals surface area contributed by atoms with Crippen LogP contribution in [-0.2, 0) is 0 Å². The Labute approximate surface area is 112 Å². The lowest BCUT2D eigenvalue weighted by atomic mass is 10.3. The van der Waals surface area contributed by atoms with Gasteiger partial charge in [-0.15, -0.1) is 0 Å². The Bertz CT molecular complexity index is 546. The first-order chi connectivity index (χ1) is 9.31. The van der Waals surface area contributed by atoms with E-state index >= 15 is 0 Å². The molecular formula is C14H17N5. The van der Waals surface area contributed by atoms with E-state index in [2.05, 4.69) is 20.2 Å². The highest BCUT2D eigenvalue weighted by Gasteiger charge is 2.14. The average Bonchev–Trinajstić information content (AvgIpc) is 2.96. The molecule has 0 radical (unpaired) electrons. The molecule has 1 aromatic heterocycles. The molecule has 5 nitrogen and oxygen atoms in total. The molecule has 1 aliphatic heterocycles. The van der Waals surface area contributed by atoms with Crippen LogP contribution in [0.2, 0.25) is 0 Å². The van der Waals surface area contributed by atoms with Crippen LogP contribution in [0.3, 0.4) is 0 Å². The molecule has 0 bridgehead atoms. The van der Waals surface area contributed by atoms with Crippen molar-refractivity contribution in [2.24, 2.45) is 0 Å². The van der Waals surface area contributed by atoms with E-state index in [1.54, 1.807) is 6.20 Å². The van der Waals surface area contributed by atoms with Gasteiger partial charge in [0.25, 0.3) is 0 Å². The van der Waals surface area contributed by atoms with Crippen molar-refractivity contribution in [3.8, 4) is 0 Å². The monoisotopic (exact) mass is 255 g/mol. The second-order valence-electron chi connectivity index (χ2n) is 4.68. The Hall–Kier alpha value is -2.30. The van der Waals surface area contributed by atoms with Crippen LogP contribution in [0.25, 0.3) is 0 Å². The summed E-state index contributed by atoms with van der Waals surface area (Å²) in [6.45, 7) is 2.09. The Morgan fingerprint density at radius 3 is 2.53 bits per heavy atom. The van der Waals surface area contributed by atoms with Crippen molar-refractivity contribution >= 4 is 23.1 Å². The number of aromatic nitrogens is 2. The van der Waals surface area contributed by atoms with Crippen molar-refractivity contribution < 1.29 is 0 Å². The van der Waals surface area contributed by atoms with Crippen LogP contribution in [0, 0.1) is 0 Å². The number of benzene rings is 1. The van der Waals surface area contributed by atoms with Crippen LogP contribution < -0.4 is 16.0 Å². The molecule has 1 aromatic carbocycles. The Morgan fingerprint density at radius 2 is 1.79 bits per heavy atom. The van der Waals surface area contributed by atoms with Crippen LogP contribution in [0.4, 0.5) is 23.1 Å². The summed E-state index contributed by atoms with van der Waals surface area (Å²) in [6.07, 6.45) is 4.23. The lowest BCUT2D eigenvalue weighted by Gasteiger charge is -2.15. The molecule has 3 rings (SSSR count). The van der Waals surface area contributed by atoms with E-state index < -0.39 is 0 Å². The number of nitrogens with zero attached hydrogens (tertiary/aromatic N) is 3. The number of nitrogens with two attached hydrogens (primary N) is 1. The molecule has 0 spiro atoms. The van der Waals surface area contributed by atoms with Gasteiger partial charge in [0.05, 0.1) is 0 Å². The minimum atomic E-state index is 0.756. The Balaban J connectivity index is 1.77. The summed E-state index contributed by atoms with van der Waals surface area (Å²) >= 11 is 0. The minimum absolute atomic E-state index is 0.756. The Kier molecular flexibility index (Phi) is 3.18. The van der Waals surface area contributed by atoms with Crippen LogP contribution >= 0.6 is 0 Å². The van der Waals surface area contributed by atoms with Crippen molar-refractivity contribution in [3.63, 3.8) is 0 Å². The fourth-order valence-electron chi connectivity index (χ4n) is 2.20. The van der Waals surface area contributed by atoms with E-state index in [0.29, 0.717) is 0 Å². The molecule has 0 amide bonds. The van der Waals surface area contributed by atoms with Crippen molar-refractivity contribution in [1.29, 1.82) is 0 Å². The zero-order valence-electron chi connectivity index (χ0n) is 10.7. The highest BCUT2D eigenvalue weighted by atomic mass is 15.3. The second-order valence-corrected chi connectivity index (χ2v) is 4.68. The maximum atomic E-state index is 5.67. The summed E-state index contributed by atoms with van der Waals surface area (Å²) in [7, 11) is 0. The molecule has 0 unspecified atom stereocenters. The third kappa shape index (κ3) is 2.76.